The van der Waals surface area contributed by atoms with Crippen molar-refractivity contribution < 1.29 is 14.3 Å². The number of carbonyl (C=O) groups is 2. The average molecular weight is 531 g/mol. The number of guanidine groups is 1. The number of likely N-dealkylation sites (tertiary alicyclic amines) is 1. The number of piperidine rings is 1. The van der Waals surface area contributed by atoms with Crippen LogP contribution < -0.4 is 10.6 Å². The lowest BCUT2D eigenvalue weighted by atomic mass is 9.97. The molecule has 9 heteroatoms. The SMILES string of the molecule is CN=C(NCc1cccc(C(=O)NCCN(C)C)c1)N1CCC(C(=O)OC)CC1.I. The van der Waals surface area contributed by atoms with E-state index in [4.69, 9.17) is 4.74 Å². The van der Waals surface area contributed by atoms with Gasteiger partial charge in [-0.2, -0.15) is 0 Å². The van der Waals surface area contributed by atoms with Crippen molar-refractivity contribution in [3.63, 3.8) is 0 Å². The number of aliphatic imine (C=N–C) groups is 1. The molecule has 1 aromatic carbocycles. The molecule has 1 fully saturated rings. The van der Waals surface area contributed by atoms with Crippen LogP contribution in [0.2, 0.25) is 0 Å². The Morgan fingerprint density at radius 2 is 1.93 bits per heavy atom. The third kappa shape index (κ3) is 8.10. The van der Waals surface area contributed by atoms with E-state index in [1.54, 1.807) is 7.05 Å². The fourth-order valence-corrected chi connectivity index (χ4v) is 3.32. The Hall–Kier alpha value is -1.88. The quantitative estimate of drug-likeness (QED) is 0.241. The summed E-state index contributed by atoms with van der Waals surface area (Å²) >= 11 is 0. The van der Waals surface area contributed by atoms with Crippen LogP contribution in [-0.4, -0.2) is 82.1 Å². The summed E-state index contributed by atoms with van der Waals surface area (Å²) in [6, 6.07) is 7.60. The van der Waals surface area contributed by atoms with Crippen LogP contribution in [0.4, 0.5) is 0 Å². The van der Waals surface area contributed by atoms with Crippen LogP contribution in [0, 0.1) is 5.92 Å². The van der Waals surface area contributed by atoms with Gasteiger partial charge in [0.15, 0.2) is 5.96 Å². The second-order valence-electron chi connectivity index (χ2n) is 7.44. The molecule has 0 spiro atoms. The van der Waals surface area contributed by atoms with Gasteiger partial charge < -0.3 is 25.2 Å². The summed E-state index contributed by atoms with van der Waals surface area (Å²) in [5.41, 5.74) is 1.66. The Bertz CT molecular complexity index is 718. The molecule has 1 aromatic rings. The number of esters is 1. The minimum absolute atomic E-state index is 0. The molecular formula is C21H34IN5O3. The summed E-state index contributed by atoms with van der Waals surface area (Å²) in [7, 11) is 7.14. The van der Waals surface area contributed by atoms with E-state index >= 15 is 0 Å². The molecule has 0 bridgehead atoms. The minimum atomic E-state index is -0.131. The molecule has 1 heterocycles. The highest BCUT2D eigenvalue weighted by atomic mass is 127. The first-order valence-corrected chi connectivity index (χ1v) is 10.00. The summed E-state index contributed by atoms with van der Waals surface area (Å²) in [6.07, 6.45) is 1.52. The van der Waals surface area contributed by atoms with Crippen molar-refractivity contribution in [1.82, 2.24) is 20.4 Å². The van der Waals surface area contributed by atoms with E-state index in [-0.39, 0.29) is 41.8 Å². The van der Waals surface area contributed by atoms with Crippen molar-refractivity contribution in [2.24, 2.45) is 10.9 Å². The zero-order valence-corrected chi connectivity index (χ0v) is 20.6. The average Bonchev–Trinajstić information content (AvgIpc) is 2.74. The number of benzene rings is 1. The van der Waals surface area contributed by atoms with Crippen LogP contribution in [0.5, 0.6) is 0 Å². The van der Waals surface area contributed by atoms with Crippen molar-refractivity contribution >= 4 is 41.8 Å². The maximum atomic E-state index is 12.3. The third-order valence-electron chi connectivity index (χ3n) is 5.03. The van der Waals surface area contributed by atoms with Crippen LogP contribution in [0.25, 0.3) is 0 Å². The number of rotatable bonds is 7. The van der Waals surface area contributed by atoms with Crippen LogP contribution in [0.15, 0.2) is 29.3 Å². The maximum absolute atomic E-state index is 12.3. The zero-order valence-electron chi connectivity index (χ0n) is 18.3. The van der Waals surface area contributed by atoms with Gasteiger partial charge in [0.25, 0.3) is 5.91 Å². The highest BCUT2D eigenvalue weighted by Crippen LogP contribution is 2.18. The molecule has 0 radical (unpaired) electrons. The monoisotopic (exact) mass is 531 g/mol. The highest BCUT2D eigenvalue weighted by Gasteiger charge is 2.26. The van der Waals surface area contributed by atoms with Crippen LogP contribution in [-0.2, 0) is 16.1 Å². The molecule has 0 unspecified atom stereocenters. The standard InChI is InChI=1S/C21H33N5O3.HI/c1-22-21(26-11-8-17(9-12-26)20(28)29-4)24-15-16-6-5-7-18(14-16)19(27)23-10-13-25(2)3;/h5-7,14,17H,8-13,15H2,1-4H3,(H,22,24)(H,23,27);1H. The Labute approximate surface area is 196 Å². The van der Waals surface area contributed by atoms with Gasteiger partial charge in [-0.1, -0.05) is 12.1 Å². The fraction of sp³-hybridized carbons (Fsp3) is 0.571. The molecule has 2 rings (SSSR count). The van der Waals surface area contributed by atoms with Gasteiger partial charge in [-0.3, -0.25) is 14.6 Å². The van der Waals surface area contributed by atoms with Gasteiger partial charge in [0.2, 0.25) is 0 Å². The Morgan fingerprint density at radius 1 is 1.23 bits per heavy atom. The lowest BCUT2D eigenvalue weighted by Crippen LogP contribution is -2.46. The minimum Gasteiger partial charge on any atom is -0.469 e. The van der Waals surface area contributed by atoms with Crippen LogP contribution in [0.3, 0.4) is 0 Å². The normalized spacial score (nSPS) is 14.8. The second kappa shape index (κ2) is 13.4. The van der Waals surface area contributed by atoms with Crippen molar-refractivity contribution in [2.45, 2.75) is 19.4 Å². The van der Waals surface area contributed by atoms with Gasteiger partial charge in [-0.25, -0.2) is 0 Å². The van der Waals surface area contributed by atoms with Gasteiger partial charge in [-0.05, 0) is 44.6 Å². The van der Waals surface area contributed by atoms with Gasteiger partial charge in [0.05, 0.1) is 13.0 Å². The van der Waals surface area contributed by atoms with E-state index in [0.29, 0.717) is 18.7 Å². The van der Waals surface area contributed by atoms with Gasteiger partial charge >= 0.3 is 5.97 Å². The Kier molecular flexibility index (Phi) is 11.7. The van der Waals surface area contributed by atoms with Crippen molar-refractivity contribution in [2.75, 3.05) is 54.4 Å². The summed E-state index contributed by atoms with van der Waals surface area (Å²) < 4.78 is 4.85. The lowest BCUT2D eigenvalue weighted by molar-refractivity contribution is -0.146. The largest absolute Gasteiger partial charge is 0.469 e. The number of nitrogens with zero attached hydrogens (tertiary/aromatic N) is 3. The van der Waals surface area contributed by atoms with E-state index in [0.717, 1.165) is 44.0 Å². The molecule has 30 heavy (non-hydrogen) atoms. The summed E-state index contributed by atoms with van der Waals surface area (Å²) in [5, 5.41) is 6.29. The number of ether oxygens (including phenoxy) is 1. The first-order chi connectivity index (χ1) is 13.9. The Balaban J connectivity index is 0.00000450. The van der Waals surface area contributed by atoms with E-state index in [1.165, 1.54) is 7.11 Å². The molecule has 1 amide bonds. The van der Waals surface area contributed by atoms with Gasteiger partial charge in [0, 0.05) is 45.3 Å². The zero-order chi connectivity index (χ0) is 21.2. The van der Waals surface area contributed by atoms with E-state index in [2.05, 4.69) is 20.5 Å². The molecule has 0 aromatic heterocycles. The summed E-state index contributed by atoms with van der Waals surface area (Å²) in [5.74, 6) is 0.572. The molecule has 1 saturated heterocycles. The van der Waals surface area contributed by atoms with E-state index < -0.39 is 0 Å². The summed E-state index contributed by atoms with van der Waals surface area (Å²) in [6.45, 7) is 3.50. The van der Waals surface area contributed by atoms with Gasteiger partial charge in [-0.15, -0.1) is 24.0 Å². The number of amides is 1. The predicted molar refractivity (Wildman–Crippen MR) is 129 cm³/mol. The highest BCUT2D eigenvalue weighted by molar-refractivity contribution is 14.0. The molecular weight excluding hydrogens is 497 g/mol. The van der Waals surface area contributed by atoms with Crippen molar-refractivity contribution in [1.29, 1.82) is 0 Å². The molecule has 2 N–H and O–H groups in total. The molecule has 1 aliphatic heterocycles. The molecule has 1 aliphatic rings. The van der Waals surface area contributed by atoms with Crippen molar-refractivity contribution in [3.05, 3.63) is 35.4 Å². The van der Waals surface area contributed by atoms with Crippen molar-refractivity contribution in [3.8, 4) is 0 Å². The van der Waals surface area contributed by atoms with E-state index in [9.17, 15) is 9.59 Å². The Morgan fingerprint density at radius 3 is 2.53 bits per heavy atom. The first-order valence-electron chi connectivity index (χ1n) is 10.00. The number of hydrogen-bond acceptors (Lipinski definition) is 5. The second-order valence-corrected chi connectivity index (χ2v) is 7.44. The van der Waals surface area contributed by atoms with Crippen LogP contribution in [0.1, 0.15) is 28.8 Å². The fourth-order valence-electron chi connectivity index (χ4n) is 3.32. The number of carbonyl (C=O) groups excluding carboxylic acids is 2. The molecule has 8 nitrogen and oxygen atoms in total. The maximum Gasteiger partial charge on any atom is 0.308 e. The number of likely N-dealkylation sites (N-methyl/N-ethyl adjacent to an activating group) is 1. The first kappa shape index (κ1) is 26.2. The van der Waals surface area contributed by atoms with E-state index in [1.807, 2.05) is 43.3 Å². The van der Waals surface area contributed by atoms with Gasteiger partial charge in [0.1, 0.15) is 0 Å². The molecule has 0 atom stereocenters. The number of halogens is 1. The summed E-state index contributed by atoms with van der Waals surface area (Å²) in [4.78, 5) is 32.5. The molecule has 0 aliphatic carbocycles. The number of nitrogens with one attached hydrogen (secondary N) is 2. The third-order valence-corrected chi connectivity index (χ3v) is 5.03. The topological polar surface area (TPSA) is 86.3 Å². The molecule has 168 valence electrons. The molecule has 0 saturated carbocycles. The number of hydrogen-bond donors (Lipinski definition) is 2. The predicted octanol–water partition coefficient (Wildman–Crippen LogP) is 1.56. The number of methoxy groups -OCH3 is 1. The van der Waals surface area contributed by atoms with Crippen LogP contribution >= 0.6 is 24.0 Å². The smallest absolute Gasteiger partial charge is 0.308 e. The lowest BCUT2D eigenvalue weighted by Gasteiger charge is -2.33.